The number of fused-ring (bicyclic) bond motifs is 1. The first-order valence-corrected chi connectivity index (χ1v) is 16.2. The summed E-state index contributed by atoms with van der Waals surface area (Å²) < 4.78 is 25.1. The largest absolute Gasteiger partial charge is 0.356 e. The molecule has 8 nitrogen and oxygen atoms in total. The summed E-state index contributed by atoms with van der Waals surface area (Å²) in [5.41, 5.74) is 3.13. The molecule has 0 radical (unpaired) electrons. The summed E-state index contributed by atoms with van der Waals surface area (Å²) in [5, 5.41) is 13.3. The Hall–Kier alpha value is -3.47. The van der Waals surface area contributed by atoms with E-state index in [4.69, 9.17) is 9.84 Å². The number of nitrogens with one attached hydrogen (secondary N) is 1. The molecule has 2 aromatic carbocycles. The van der Waals surface area contributed by atoms with Crippen LogP contribution < -0.4 is 5.32 Å². The Balaban J connectivity index is 1.25. The van der Waals surface area contributed by atoms with Crippen molar-refractivity contribution in [3.63, 3.8) is 0 Å². The van der Waals surface area contributed by atoms with Crippen LogP contribution in [0.15, 0.2) is 58.6 Å². The number of hydrogen-bond donors (Lipinski definition) is 1. The zero-order valence-electron chi connectivity index (χ0n) is 24.7. The van der Waals surface area contributed by atoms with E-state index in [0.717, 1.165) is 65.8 Å². The monoisotopic (exact) mass is 602 g/mol. The summed E-state index contributed by atoms with van der Waals surface area (Å²) in [5.74, 6) is -0.702. The van der Waals surface area contributed by atoms with E-state index in [1.54, 1.807) is 12.1 Å². The van der Waals surface area contributed by atoms with Gasteiger partial charge in [0.05, 0.1) is 27.9 Å². The summed E-state index contributed by atoms with van der Waals surface area (Å²) in [6.07, 6.45) is 14.6. The van der Waals surface area contributed by atoms with Crippen LogP contribution in [0.3, 0.4) is 0 Å². The third-order valence-electron chi connectivity index (χ3n) is 8.05. The third kappa shape index (κ3) is 7.03. The quantitative estimate of drug-likeness (QED) is 0.208. The van der Waals surface area contributed by atoms with Crippen molar-refractivity contribution in [3.8, 4) is 0 Å². The van der Waals surface area contributed by atoms with Crippen LogP contribution in [0.1, 0.15) is 73.3 Å². The molecule has 4 aromatic rings. The van der Waals surface area contributed by atoms with E-state index in [9.17, 15) is 9.18 Å². The van der Waals surface area contributed by atoms with Gasteiger partial charge in [-0.05, 0) is 108 Å². The van der Waals surface area contributed by atoms with Crippen LogP contribution >= 0.6 is 11.8 Å². The van der Waals surface area contributed by atoms with Crippen molar-refractivity contribution in [2.24, 2.45) is 0 Å². The van der Waals surface area contributed by atoms with Crippen LogP contribution in [0.25, 0.3) is 23.1 Å². The smallest absolute Gasteiger partial charge is 0.252 e. The van der Waals surface area contributed by atoms with Gasteiger partial charge in [0.25, 0.3) is 5.91 Å². The number of aromatic nitrogens is 4. The van der Waals surface area contributed by atoms with Crippen molar-refractivity contribution in [2.45, 2.75) is 68.0 Å². The predicted octanol–water partition coefficient (Wildman–Crippen LogP) is 6.63. The number of amides is 1. The molecule has 2 aromatic heterocycles. The summed E-state index contributed by atoms with van der Waals surface area (Å²) in [4.78, 5) is 16.3. The minimum atomic E-state index is -0.418. The maximum atomic E-state index is 15.0. The van der Waals surface area contributed by atoms with Crippen LogP contribution in [0.2, 0.25) is 0 Å². The lowest BCUT2D eigenvalue weighted by molar-refractivity contribution is -0.0367. The summed E-state index contributed by atoms with van der Waals surface area (Å²) in [6, 6.07) is 10.6. The topological polar surface area (TPSA) is 77.2 Å². The SMILES string of the molecule is CCNC(=O)c1cccc(F)c1Sc1ccc2c(/C=C/c3cnn(CCCN4CCCC4)c3)nn(C3CCCCO3)c2c1. The second-order valence-electron chi connectivity index (χ2n) is 11.2. The van der Waals surface area contributed by atoms with Crippen molar-refractivity contribution >= 4 is 40.7 Å². The highest BCUT2D eigenvalue weighted by Gasteiger charge is 2.22. The second kappa shape index (κ2) is 13.9. The molecule has 6 rings (SSSR count). The molecule has 1 atom stereocenters. The van der Waals surface area contributed by atoms with Crippen molar-refractivity contribution in [1.29, 1.82) is 0 Å². The number of halogens is 1. The van der Waals surface area contributed by atoms with E-state index in [1.165, 1.54) is 43.8 Å². The molecule has 0 bridgehead atoms. The fourth-order valence-corrected chi connectivity index (χ4v) is 6.83. The maximum absolute atomic E-state index is 15.0. The van der Waals surface area contributed by atoms with Crippen LogP contribution in [-0.4, -0.2) is 63.2 Å². The van der Waals surface area contributed by atoms with Gasteiger partial charge in [-0.15, -0.1) is 0 Å². The molecule has 0 saturated carbocycles. The van der Waals surface area contributed by atoms with Crippen molar-refractivity contribution < 1.29 is 13.9 Å². The zero-order valence-corrected chi connectivity index (χ0v) is 25.5. The van der Waals surface area contributed by atoms with Gasteiger partial charge in [0.2, 0.25) is 0 Å². The molecular weight excluding hydrogens is 563 g/mol. The van der Waals surface area contributed by atoms with Crippen LogP contribution in [0.5, 0.6) is 0 Å². The molecule has 1 amide bonds. The Labute approximate surface area is 256 Å². The number of carbonyl (C=O) groups is 1. The summed E-state index contributed by atoms with van der Waals surface area (Å²) in [6.45, 7) is 7.50. The van der Waals surface area contributed by atoms with E-state index in [1.807, 2.05) is 46.8 Å². The number of rotatable bonds is 11. The van der Waals surface area contributed by atoms with Crippen molar-refractivity contribution in [1.82, 2.24) is 29.8 Å². The summed E-state index contributed by atoms with van der Waals surface area (Å²) >= 11 is 1.25. The van der Waals surface area contributed by atoms with E-state index in [2.05, 4.69) is 27.6 Å². The van der Waals surface area contributed by atoms with Crippen LogP contribution in [-0.2, 0) is 11.3 Å². The van der Waals surface area contributed by atoms with Gasteiger partial charge in [-0.1, -0.05) is 17.8 Å². The Morgan fingerprint density at radius 3 is 2.84 bits per heavy atom. The lowest BCUT2D eigenvalue weighted by Gasteiger charge is -2.23. The van der Waals surface area contributed by atoms with E-state index < -0.39 is 5.82 Å². The Morgan fingerprint density at radius 1 is 1.14 bits per heavy atom. The number of ether oxygens (including phenoxy) is 1. The number of hydrogen-bond acceptors (Lipinski definition) is 6. The molecule has 2 fully saturated rings. The van der Waals surface area contributed by atoms with Gasteiger partial charge in [0.1, 0.15) is 5.82 Å². The molecule has 10 heteroatoms. The highest BCUT2D eigenvalue weighted by molar-refractivity contribution is 7.99. The minimum Gasteiger partial charge on any atom is -0.356 e. The molecule has 1 N–H and O–H groups in total. The molecule has 2 aliphatic rings. The molecule has 4 heterocycles. The molecule has 43 heavy (non-hydrogen) atoms. The first-order valence-electron chi connectivity index (χ1n) is 15.4. The van der Waals surface area contributed by atoms with E-state index >= 15 is 0 Å². The fourth-order valence-electron chi connectivity index (χ4n) is 5.85. The van der Waals surface area contributed by atoms with Gasteiger partial charge < -0.3 is 15.0 Å². The molecule has 0 aliphatic carbocycles. The Bertz CT molecular complexity index is 1590. The molecular formula is C33H39FN6O2S. The van der Waals surface area contributed by atoms with Gasteiger partial charge >= 0.3 is 0 Å². The Morgan fingerprint density at radius 2 is 2.02 bits per heavy atom. The molecule has 226 valence electrons. The Kier molecular flexibility index (Phi) is 9.55. The number of benzene rings is 2. The molecule has 2 aliphatic heterocycles. The van der Waals surface area contributed by atoms with Crippen molar-refractivity contribution in [2.75, 3.05) is 32.8 Å². The average molecular weight is 603 g/mol. The third-order valence-corrected chi connectivity index (χ3v) is 9.16. The fraction of sp³-hybridized carbons (Fsp3) is 0.424. The van der Waals surface area contributed by atoms with Gasteiger partial charge in [0, 0.05) is 41.7 Å². The van der Waals surface area contributed by atoms with Crippen LogP contribution in [0, 0.1) is 5.82 Å². The normalized spacial score (nSPS) is 17.8. The maximum Gasteiger partial charge on any atom is 0.252 e. The lowest BCUT2D eigenvalue weighted by Crippen LogP contribution is -2.23. The highest BCUT2D eigenvalue weighted by Crippen LogP contribution is 2.36. The number of aryl methyl sites for hydroxylation is 1. The molecule has 1 unspecified atom stereocenters. The second-order valence-corrected chi connectivity index (χ2v) is 12.3. The lowest BCUT2D eigenvalue weighted by atomic mass is 10.1. The predicted molar refractivity (Wildman–Crippen MR) is 169 cm³/mol. The zero-order chi connectivity index (χ0) is 29.6. The van der Waals surface area contributed by atoms with Gasteiger partial charge in [-0.3, -0.25) is 9.48 Å². The standard InChI is InChI=1S/C33H39FN6O2S/c1-2-35-33(41)27-9-7-10-28(34)32(27)43-25-13-14-26-29(37-40(30(26)21-25)31-11-3-6-20-42-31)15-12-24-22-36-39(23-24)19-8-18-38-16-4-5-17-38/h7,9-10,12-15,21-23,31H,2-6,8,11,16-20H2,1H3,(H,35,41)/b15-12+. The molecule has 2 saturated heterocycles. The highest BCUT2D eigenvalue weighted by atomic mass is 32.2. The van der Waals surface area contributed by atoms with E-state index in [0.29, 0.717) is 23.6 Å². The van der Waals surface area contributed by atoms with E-state index in [-0.39, 0.29) is 12.1 Å². The summed E-state index contributed by atoms with van der Waals surface area (Å²) in [7, 11) is 0. The van der Waals surface area contributed by atoms with Gasteiger partial charge in [-0.25, -0.2) is 9.07 Å². The first kappa shape index (κ1) is 29.6. The van der Waals surface area contributed by atoms with Crippen LogP contribution in [0.4, 0.5) is 4.39 Å². The van der Waals surface area contributed by atoms with Gasteiger partial charge in [0.15, 0.2) is 6.23 Å². The van der Waals surface area contributed by atoms with Gasteiger partial charge in [-0.2, -0.15) is 10.2 Å². The number of likely N-dealkylation sites (tertiary alicyclic amines) is 1. The number of carbonyl (C=O) groups excluding carboxylic acids is 1. The number of nitrogens with zero attached hydrogens (tertiary/aromatic N) is 5. The van der Waals surface area contributed by atoms with Crippen molar-refractivity contribution in [3.05, 3.63) is 71.4 Å². The first-order chi connectivity index (χ1) is 21.1. The minimum absolute atomic E-state index is 0.156. The molecule has 0 spiro atoms. The average Bonchev–Trinajstić information content (AvgIpc) is 3.78.